The van der Waals surface area contributed by atoms with Gasteiger partial charge in [0.25, 0.3) is 0 Å². The van der Waals surface area contributed by atoms with Gasteiger partial charge < -0.3 is 4.84 Å². The normalized spacial score (nSPS) is 11.0. The highest BCUT2D eigenvalue weighted by molar-refractivity contribution is 5.58. The lowest BCUT2D eigenvalue weighted by atomic mass is 10.3. The predicted octanol–water partition coefficient (Wildman–Crippen LogP) is 2.24. The van der Waals surface area contributed by atoms with Crippen LogP contribution < -0.4 is 0 Å². The van der Waals surface area contributed by atoms with Gasteiger partial charge in [-0.05, 0) is 12.0 Å². The summed E-state index contributed by atoms with van der Waals surface area (Å²) in [6.07, 6.45) is 5.28. The first-order valence-corrected chi connectivity index (χ1v) is 4.33. The Bertz CT molecular complexity index is 257. The molecule has 0 saturated carbocycles. The minimum Gasteiger partial charge on any atom is -0.391 e. The number of oxime groups is 1. The summed E-state index contributed by atoms with van der Waals surface area (Å²) in [7, 11) is 0. The van der Waals surface area contributed by atoms with E-state index in [-0.39, 0.29) is 0 Å². The van der Waals surface area contributed by atoms with Crippen molar-refractivity contribution < 1.29 is 4.84 Å². The highest BCUT2D eigenvalue weighted by Crippen LogP contribution is 1.98. The molecule has 0 N–H and O–H groups in total. The van der Waals surface area contributed by atoms with E-state index in [9.17, 15) is 0 Å². The summed E-state index contributed by atoms with van der Waals surface area (Å²) < 4.78 is 0. The second kappa shape index (κ2) is 5.30. The molecule has 0 amide bonds. The molecule has 13 heavy (non-hydrogen) atoms. The van der Waals surface area contributed by atoms with Gasteiger partial charge in [-0.15, -0.1) is 0 Å². The van der Waals surface area contributed by atoms with Crippen molar-refractivity contribution >= 4 is 6.21 Å². The number of rotatable bonds is 4. The van der Waals surface area contributed by atoms with E-state index in [1.807, 2.05) is 12.1 Å². The van der Waals surface area contributed by atoms with Crippen molar-refractivity contribution in [2.45, 2.75) is 20.5 Å². The van der Waals surface area contributed by atoms with Crippen molar-refractivity contribution in [1.82, 2.24) is 4.98 Å². The van der Waals surface area contributed by atoms with E-state index in [2.05, 4.69) is 24.0 Å². The monoisotopic (exact) mass is 178 g/mol. The van der Waals surface area contributed by atoms with Crippen molar-refractivity contribution in [1.29, 1.82) is 0 Å². The molecule has 0 unspecified atom stereocenters. The van der Waals surface area contributed by atoms with Gasteiger partial charge in [-0.25, -0.2) is 0 Å². The van der Waals surface area contributed by atoms with Gasteiger partial charge in [0.15, 0.2) is 0 Å². The van der Waals surface area contributed by atoms with E-state index in [1.165, 1.54) is 0 Å². The molecule has 0 atom stereocenters. The Kier molecular flexibility index (Phi) is 3.96. The van der Waals surface area contributed by atoms with E-state index in [4.69, 9.17) is 4.84 Å². The molecule has 1 rings (SSSR count). The van der Waals surface area contributed by atoms with Crippen LogP contribution in [0.1, 0.15) is 19.4 Å². The molecule has 70 valence electrons. The molecule has 0 aliphatic carbocycles. The number of aromatic nitrogens is 1. The topological polar surface area (TPSA) is 34.5 Å². The number of nitrogens with zero attached hydrogens (tertiary/aromatic N) is 2. The summed E-state index contributed by atoms with van der Waals surface area (Å²) in [5, 5.41) is 3.81. The maximum atomic E-state index is 5.06. The van der Waals surface area contributed by atoms with E-state index >= 15 is 0 Å². The molecule has 0 fully saturated rings. The van der Waals surface area contributed by atoms with Gasteiger partial charge in [-0.1, -0.05) is 25.1 Å². The van der Waals surface area contributed by atoms with Crippen LogP contribution in [0.15, 0.2) is 29.7 Å². The zero-order valence-electron chi connectivity index (χ0n) is 7.97. The highest BCUT2D eigenvalue weighted by atomic mass is 16.6. The molecule has 0 aromatic carbocycles. The van der Waals surface area contributed by atoms with Crippen LogP contribution in [0.5, 0.6) is 0 Å². The van der Waals surface area contributed by atoms with E-state index in [0.717, 1.165) is 5.56 Å². The van der Waals surface area contributed by atoms with Crippen molar-refractivity contribution in [3.05, 3.63) is 30.1 Å². The molecule has 1 heterocycles. The van der Waals surface area contributed by atoms with Crippen molar-refractivity contribution in [3.8, 4) is 0 Å². The predicted molar refractivity (Wildman–Crippen MR) is 52.4 cm³/mol. The first-order chi connectivity index (χ1) is 6.29. The molecular formula is C10H14N2O. The van der Waals surface area contributed by atoms with Gasteiger partial charge in [0, 0.05) is 24.2 Å². The van der Waals surface area contributed by atoms with Crippen molar-refractivity contribution in [2.75, 3.05) is 0 Å². The zero-order chi connectivity index (χ0) is 9.52. The zero-order valence-corrected chi connectivity index (χ0v) is 7.97. The van der Waals surface area contributed by atoms with Crippen LogP contribution in [0.25, 0.3) is 0 Å². The van der Waals surface area contributed by atoms with Gasteiger partial charge >= 0.3 is 0 Å². The lowest BCUT2D eigenvalue weighted by Crippen LogP contribution is -1.91. The Morgan fingerprint density at radius 2 is 2.46 bits per heavy atom. The fraction of sp³-hybridized carbons (Fsp3) is 0.400. The third-order valence-corrected chi connectivity index (χ3v) is 1.39. The van der Waals surface area contributed by atoms with Gasteiger partial charge in [-0.3, -0.25) is 4.98 Å². The van der Waals surface area contributed by atoms with Crippen LogP contribution in [-0.2, 0) is 11.4 Å². The average Bonchev–Trinajstić information content (AvgIpc) is 2.14. The third kappa shape index (κ3) is 4.25. The van der Waals surface area contributed by atoms with Gasteiger partial charge in [0.2, 0.25) is 0 Å². The molecular weight excluding hydrogens is 164 g/mol. The number of hydrogen-bond acceptors (Lipinski definition) is 3. The Morgan fingerprint density at radius 3 is 3.08 bits per heavy atom. The van der Waals surface area contributed by atoms with Crippen LogP contribution in [-0.4, -0.2) is 11.2 Å². The lowest BCUT2D eigenvalue weighted by molar-refractivity contribution is 0.130. The highest BCUT2D eigenvalue weighted by Gasteiger charge is 1.90. The Balaban J connectivity index is 2.28. The maximum absolute atomic E-state index is 5.06. The number of pyridine rings is 1. The molecule has 0 aliphatic rings. The van der Waals surface area contributed by atoms with E-state index in [1.54, 1.807) is 18.6 Å². The summed E-state index contributed by atoms with van der Waals surface area (Å²) in [5.41, 5.74) is 1.03. The smallest absolute Gasteiger partial charge is 0.143 e. The number of hydrogen-bond donors (Lipinski definition) is 0. The molecule has 0 aliphatic heterocycles. The van der Waals surface area contributed by atoms with Crippen LogP contribution in [0.3, 0.4) is 0 Å². The third-order valence-electron chi connectivity index (χ3n) is 1.39. The first kappa shape index (κ1) is 9.71. The molecule has 1 aromatic rings. The molecule has 0 bridgehead atoms. The van der Waals surface area contributed by atoms with Crippen molar-refractivity contribution in [2.24, 2.45) is 11.1 Å². The largest absolute Gasteiger partial charge is 0.391 e. The molecule has 3 nitrogen and oxygen atoms in total. The van der Waals surface area contributed by atoms with E-state index in [0.29, 0.717) is 12.5 Å². The van der Waals surface area contributed by atoms with Gasteiger partial charge in [-0.2, -0.15) is 0 Å². The van der Waals surface area contributed by atoms with E-state index < -0.39 is 0 Å². The molecule has 0 radical (unpaired) electrons. The minimum atomic E-state index is 0.425. The minimum absolute atomic E-state index is 0.425. The van der Waals surface area contributed by atoms with Crippen LogP contribution in [0, 0.1) is 5.92 Å². The Morgan fingerprint density at radius 1 is 1.62 bits per heavy atom. The SMILES string of the molecule is CC(C)/C=N/OCc1cccnc1. The van der Waals surface area contributed by atoms with Gasteiger partial charge in [0.05, 0.1) is 0 Å². The first-order valence-electron chi connectivity index (χ1n) is 4.33. The Labute approximate surface area is 78.4 Å². The summed E-state index contributed by atoms with van der Waals surface area (Å²) in [5.74, 6) is 0.425. The quantitative estimate of drug-likeness (QED) is 0.523. The average molecular weight is 178 g/mol. The summed E-state index contributed by atoms with van der Waals surface area (Å²) in [6.45, 7) is 4.59. The fourth-order valence-electron chi connectivity index (χ4n) is 0.760. The maximum Gasteiger partial charge on any atom is 0.143 e. The van der Waals surface area contributed by atoms with Crippen molar-refractivity contribution in [3.63, 3.8) is 0 Å². The lowest BCUT2D eigenvalue weighted by Gasteiger charge is -1.98. The van der Waals surface area contributed by atoms with Gasteiger partial charge in [0.1, 0.15) is 6.61 Å². The molecule has 0 spiro atoms. The van der Waals surface area contributed by atoms with Crippen LogP contribution in [0.2, 0.25) is 0 Å². The molecule has 0 saturated heterocycles. The Hall–Kier alpha value is -1.38. The standard InChI is InChI=1S/C10H14N2O/c1-9(2)6-12-13-8-10-4-3-5-11-7-10/h3-7,9H,8H2,1-2H3/b12-6+. The fourth-order valence-corrected chi connectivity index (χ4v) is 0.760. The second-order valence-electron chi connectivity index (χ2n) is 3.13. The molecule has 1 aromatic heterocycles. The summed E-state index contributed by atoms with van der Waals surface area (Å²) in [4.78, 5) is 9.03. The van der Waals surface area contributed by atoms with Crippen LogP contribution >= 0.6 is 0 Å². The summed E-state index contributed by atoms with van der Waals surface area (Å²) >= 11 is 0. The summed E-state index contributed by atoms with van der Waals surface area (Å²) in [6, 6.07) is 3.84. The van der Waals surface area contributed by atoms with Crippen LogP contribution in [0.4, 0.5) is 0 Å². The molecule has 3 heteroatoms. The second-order valence-corrected chi connectivity index (χ2v) is 3.13.